The minimum absolute atomic E-state index is 0.0403. The monoisotopic (exact) mass is 656 g/mol. The number of piperidine rings is 2. The van der Waals surface area contributed by atoms with E-state index in [4.69, 9.17) is 9.72 Å². The molecule has 1 aromatic carbocycles. The number of carbonyl (C=O) groups excluding carboxylic acids is 1. The summed E-state index contributed by atoms with van der Waals surface area (Å²) in [5.41, 5.74) is 2.09. The van der Waals surface area contributed by atoms with Crippen molar-refractivity contribution in [3.8, 4) is 17.0 Å². The first-order valence-electron chi connectivity index (χ1n) is 16.9. The van der Waals surface area contributed by atoms with E-state index in [1.165, 1.54) is 70.8 Å². The van der Waals surface area contributed by atoms with Gasteiger partial charge in [-0.25, -0.2) is 9.37 Å². The molecule has 0 aliphatic carbocycles. The maximum atomic E-state index is 15.8. The Labute approximate surface area is 280 Å². The predicted molar refractivity (Wildman–Crippen MR) is 184 cm³/mol. The first kappa shape index (κ1) is 32.4. The van der Waals surface area contributed by atoms with Crippen molar-refractivity contribution in [2.75, 3.05) is 63.6 Å². The van der Waals surface area contributed by atoms with Crippen molar-refractivity contribution in [1.82, 2.24) is 29.3 Å². The summed E-state index contributed by atoms with van der Waals surface area (Å²) in [6, 6.07) is 9.67. The van der Waals surface area contributed by atoms with Gasteiger partial charge in [0.1, 0.15) is 11.4 Å². The highest BCUT2D eigenvalue weighted by Crippen LogP contribution is 2.42. The molecule has 3 aliphatic heterocycles. The zero-order valence-electron chi connectivity index (χ0n) is 28.2. The summed E-state index contributed by atoms with van der Waals surface area (Å²) in [6.07, 6.45) is 9.26. The van der Waals surface area contributed by atoms with Gasteiger partial charge in [0.15, 0.2) is 5.82 Å². The van der Waals surface area contributed by atoms with E-state index in [1.807, 2.05) is 6.07 Å². The van der Waals surface area contributed by atoms with Crippen LogP contribution in [0.1, 0.15) is 49.9 Å². The Morgan fingerprint density at radius 1 is 1.10 bits per heavy atom. The number of aliphatic hydroxyl groups is 1. The largest absolute Gasteiger partial charge is 0.496 e. The van der Waals surface area contributed by atoms with E-state index in [0.29, 0.717) is 28.3 Å². The normalized spacial score (nSPS) is 19.1. The second-order valence-corrected chi connectivity index (χ2v) is 14.5. The summed E-state index contributed by atoms with van der Waals surface area (Å²) in [7, 11) is 3.71. The van der Waals surface area contributed by atoms with Crippen LogP contribution in [0.15, 0.2) is 48.9 Å². The predicted octanol–water partition coefficient (Wildman–Crippen LogP) is 4.66. The number of pyridine rings is 2. The van der Waals surface area contributed by atoms with Crippen molar-refractivity contribution in [3.63, 3.8) is 0 Å². The van der Waals surface area contributed by atoms with Crippen LogP contribution >= 0.6 is 0 Å². The van der Waals surface area contributed by atoms with Crippen LogP contribution in [0.25, 0.3) is 22.3 Å². The third-order valence-corrected chi connectivity index (χ3v) is 10.4. The molecule has 0 radical (unpaired) electrons. The molecule has 254 valence electrons. The number of anilines is 2. The highest BCUT2D eigenvalue weighted by atomic mass is 19.1. The molecule has 0 unspecified atom stereocenters. The van der Waals surface area contributed by atoms with Crippen molar-refractivity contribution in [1.29, 1.82) is 0 Å². The number of rotatable bonds is 8. The average Bonchev–Trinajstić information content (AvgIpc) is 3.38. The van der Waals surface area contributed by atoms with E-state index in [2.05, 4.69) is 49.2 Å². The summed E-state index contributed by atoms with van der Waals surface area (Å²) >= 11 is 0. The number of carbonyl (C=O) groups is 1. The summed E-state index contributed by atoms with van der Waals surface area (Å²) in [5, 5.41) is 13.7. The van der Waals surface area contributed by atoms with Gasteiger partial charge in [-0.05, 0) is 95.4 Å². The topological polar surface area (TPSA) is 112 Å². The molecule has 1 spiro atoms. The summed E-state index contributed by atoms with van der Waals surface area (Å²) in [5.74, 6) is -0.855. The van der Waals surface area contributed by atoms with Crippen LogP contribution < -0.4 is 15.0 Å². The van der Waals surface area contributed by atoms with Gasteiger partial charge in [0.2, 0.25) is 5.95 Å². The Balaban J connectivity index is 1.09. The van der Waals surface area contributed by atoms with E-state index >= 15 is 4.39 Å². The summed E-state index contributed by atoms with van der Waals surface area (Å²) in [6.45, 7) is 10.4. The number of amides is 1. The van der Waals surface area contributed by atoms with Crippen LogP contribution in [0.4, 0.5) is 16.0 Å². The average molecular weight is 657 g/mol. The van der Waals surface area contributed by atoms with E-state index in [1.54, 1.807) is 24.5 Å². The summed E-state index contributed by atoms with van der Waals surface area (Å²) in [4.78, 5) is 34.1. The highest BCUT2D eigenvalue weighted by Gasteiger charge is 2.46. The molecule has 0 bridgehead atoms. The lowest BCUT2D eigenvalue weighted by Gasteiger charge is -2.57. The van der Waals surface area contributed by atoms with Crippen molar-refractivity contribution in [3.05, 3.63) is 60.3 Å². The molecule has 3 aromatic heterocycles. The second-order valence-electron chi connectivity index (χ2n) is 14.5. The molecular weight excluding hydrogens is 611 g/mol. The van der Waals surface area contributed by atoms with Gasteiger partial charge in [-0.1, -0.05) is 0 Å². The number of hydrogen-bond acceptors (Lipinski definition) is 9. The fraction of sp³-hybridized carbons (Fsp3) is 0.500. The molecule has 4 aromatic rings. The van der Waals surface area contributed by atoms with Gasteiger partial charge >= 0.3 is 0 Å². The Morgan fingerprint density at radius 3 is 2.56 bits per heavy atom. The van der Waals surface area contributed by atoms with E-state index in [-0.39, 0.29) is 23.8 Å². The third kappa shape index (κ3) is 6.36. The number of hydrogen-bond donors (Lipinski definition) is 2. The van der Waals surface area contributed by atoms with Crippen molar-refractivity contribution < 1.29 is 19.0 Å². The molecule has 11 nitrogen and oxygen atoms in total. The van der Waals surface area contributed by atoms with Crippen LogP contribution in [0, 0.1) is 11.2 Å². The van der Waals surface area contributed by atoms with Crippen LogP contribution in [-0.4, -0.2) is 105 Å². The number of halogens is 1. The number of benzene rings is 1. The van der Waals surface area contributed by atoms with Gasteiger partial charge in [-0.2, -0.15) is 0 Å². The van der Waals surface area contributed by atoms with E-state index in [0.717, 1.165) is 37.1 Å². The van der Waals surface area contributed by atoms with Gasteiger partial charge in [-0.3, -0.25) is 25.0 Å². The minimum atomic E-state index is -1.10. The smallest absolute Gasteiger partial charge is 0.261 e. The quantitative estimate of drug-likeness (QED) is 0.280. The standard InChI is InChI=1S/C36H45FN8O3/c1-35(2,47)21-45-29-19-25(43-15-9-24(10-16-43)44-22-36(23-44)11-17-42(3)18-12-36)5-6-28(29)40-34(45)41-33(46)26-7-14-39-32(31(26)37)27-20-38-13-8-30(27)48-4/h5-8,13-14,19-20,24,47H,9-12,15-18,21-23H2,1-4H3,(H,40,41,46). The number of likely N-dealkylation sites (tertiary alicyclic amines) is 2. The van der Waals surface area contributed by atoms with Gasteiger partial charge < -0.3 is 24.2 Å². The van der Waals surface area contributed by atoms with Crippen LogP contribution in [0.2, 0.25) is 0 Å². The zero-order chi connectivity index (χ0) is 33.6. The Morgan fingerprint density at radius 2 is 1.85 bits per heavy atom. The fourth-order valence-electron chi connectivity index (χ4n) is 7.64. The minimum Gasteiger partial charge on any atom is -0.496 e. The lowest BCUT2D eigenvalue weighted by atomic mass is 9.71. The summed E-state index contributed by atoms with van der Waals surface area (Å²) < 4.78 is 22.9. The third-order valence-electron chi connectivity index (χ3n) is 10.4. The Bertz CT molecular complexity index is 1800. The van der Waals surface area contributed by atoms with Crippen LogP contribution in [0.3, 0.4) is 0 Å². The van der Waals surface area contributed by atoms with Gasteiger partial charge in [0.25, 0.3) is 5.91 Å². The van der Waals surface area contributed by atoms with Gasteiger partial charge in [0, 0.05) is 56.5 Å². The van der Waals surface area contributed by atoms with Crippen LogP contribution in [-0.2, 0) is 6.54 Å². The van der Waals surface area contributed by atoms with Crippen molar-refractivity contribution in [2.45, 2.75) is 57.7 Å². The number of nitrogens with zero attached hydrogens (tertiary/aromatic N) is 7. The fourth-order valence-corrected chi connectivity index (χ4v) is 7.64. The number of methoxy groups -OCH3 is 1. The number of aromatic nitrogens is 4. The number of fused-ring (bicyclic) bond motifs is 1. The lowest BCUT2D eigenvalue weighted by Crippen LogP contribution is -2.63. The maximum Gasteiger partial charge on any atom is 0.261 e. The van der Waals surface area contributed by atoms with Crippen molar-refractivity contribution >= 4 is 28.6 Å². The van der Waals surface area contributed by atoms with Crippen molar-refractivity contribution in [2.24, 2.45) is 5.41 Å². The molecule has 3 aliphatic rings. The number of imidazole rings is 1. The van der Waals surface area contributed by atoms with E-state index < -0.39 is 17.3 Å². The highest BCUT2D eigenvalue weighted by molar-refractivity contribution is 6.05. The second kappa shape index (κ2) is 12.7. The maximum absolute atomic E-state index is 15.8. The molecule has 0 atom stereocenters. The number of ether oxygens (including phenoxy) is 1. The molecule has 12 heteroatoms. The molecule has 48 heavy (non-hydrogen) atoms. The molecule has 3 fully saturated rings. The molecule has 3 saturated heterocycles. The lowest BCUT2D eigenvalue weighted by molar-refractivity contribution is -0.0704. The molecule has 2 N–H and O–H groups in total. The van der Waals surface area contributed by atoms with Gasteiger partial charge in [0.05, 0.1) is 41.4 Å². The van der Waals surface area contributed by atoms with Gasteiger partial charge in [-0.15, -0.1) is 0 Å². The first-order valence-corrected chi connectivity index (χ1v) is 16.9. The Kier molecular flexibility index (Phi) is 8.59. The molecule has 6 heterocycles. The van der Waals surface area contributed by atoms with Crippen LogP contribution in [0.5, 0.6) is 5.75 Å². The first-order chi connectivity index (χ1) is 23.0. The Hall–Kier alpha value is -4.13. The zero-order valence-corrected chi connectivity index (χ0v) is 28.2. The van der Waals surface area contributed by atoms with E-state index in [9.17, 15) is 9.90 Å². The number of nitrogens with one attached hydrogen (secondary N) is 1. The molecular formula is C36H45FN8O3. The SMILES string of the molecule is COc1ccncc1-c1nccc(C(=O)Nc2nc3ccc(N4CCC(N5CC6(CCN(C)CC6)C5)CC4)cc3n2CC(C)(C)O)c1F. The molecule has 0 saturated carbocycles. The molecule has 7 rings (SSSR count). The molecule has 1 amide bonds.